The Bertz CT molecular complexity index is 1670. The fourth-order valence-corrected chi connectivity index (χ4v) is 5.42. The Labute approximate surface area is 206 Å². The van der Waals surface area contributed by atoms with Crippen LogP contribution in [0.3, 0.4) is 0 Å². The van der Waals surface area contributed by atoms with Crippen LogP contribution in [0.5, 0.6) is 11.5 Å². The maximum absolute atomic E-state index is 13.4. The van der Waals surface area contributed by atoms with Gasteiger partial charge in [-0.1, -0.05) is 18.2 Å². The van der Waals surface area contributed by atoms with Gasteiger partial charge in [-0.25, -0.2) is 4.98 Å². The third-order valence-corrected chi connectivity index (χ3v) is 7.37. The molecule has 0 aliphatic carbocycles. The number of hydrogen-bond donors (Lipinski definition) is 0. The van der Waals surface area contributed by atoms with E-state index in [2.05, 4.69) is 24.4 Å². The lowest BCUT2D eigenvalue weighted by Gasteiger charge is -2.11. The van der Waals surface area contributed by atoms with Gasteiger partial charge >= 0.3 is 0 Å². The molecule has 5 aromatic rings. The normalized spacial score (nSPS) is 11.2. The number of methoxy groups -OCH3 is 2. The Kier molecular flexibility index (Phi) is 5.86. The molecule has 2 aromatic carbocycles. The molecule has 0 saturated carbocycles. The van der Waals surface area contributed by atoms with Crippen LogP contribution in [0.25, 0.3) is 32.4 Å². The summed E-state index contributed by atoms with van der Waals surface area (Å²) in [6, 6.07) is 15.1. The van der Waals surface area contributed by atoms with Gasteiger partial charge < -0.3 is 14.0 Å². The van der Waals surface area contributed by atoms with Crippen molar-refractivity contribution >= 4 is 38.2 Å². The highest BCUT2D eigenvalue weighted by molar-refractivity contribution is 7.18. The van der Waals surface area contributed by atoms with Crippen molar-refractivity contribution in [3.63, 3.8) is 0 Å². The van der Waals surface area contributed by atoms with Crippen molar-refractivity contribution in [2.75, 3.05) is 14.2 Å². The van der Waals surface area contributed by atoms with Gasteiger partial charge in [0.25, 0.3) is 0 Å². The lowest BCUT2D eigenvalue weighted by Crippen LogP contribution is -2.18. The van der Waals surface area contributed by atoms with Gasteiger partial charge in [-0.2, -0.15) is 0 Å². The molecular weight excluding hydrogens is 460 g/mol. The van der Waals surface area contributed by atoms with E-state index < -0.39 is 0 Å². The number of rotatable bonds is 6. The molecule has 0 fully saturated rings. The first-order valence-electron chi connectivity index (χ1n) is 11.1. The molecule has 3 heterocycles. The summed E-state index contributed by atoms with van der Waals surface area (Å²) in [6.45, 7) is 2.09. The SMILES string of the molecule is COc1ccc(C(=O)Cc2cn(C)c3ccc(-c4csc5c(C)cccc45)nc3c2=O)cc1OC. The quantitative estimate of drug-likeness (QED) is 0.295. The average Bonchev–Trinajstić information content (AvgIpc) is 3.32. The van der Waals surface area contributed by atoms with Crippen LogP contribution < -0.4 is 14.9 Å². The predicted octanol–water partition coefficient (Wildman–Crippen LogP) is 5.57. The summed E-state index contributed by atoms with van der Waals surface area (Å²) in [4.78, 5) is 31.3. The lowest BCUT2D eigenvalue weighted by atomic mass is 10.0. The molecule has 0 atom stereocenters. The van der Waals surface area contributed by atoms with Crippen LogP contribution in [0.15, 0.2) is 64.9 Å². The van der Waals surface area contributed by atoms with Crippen LogP contribution in [0, 0.1) is 6.92 Å². The second-order valence-corrected chi connectivity index (χ2v) is 9.31. The van der Waals surface area contributed by atoms with E-state index in [1.54, 1.807) is 42.8 Å². The molecule has 5 rings (SSSR count). The maximum atomic E-state index is 13.4. The Hall–Kier alpha value is -3.97. The Morgan fingerprint density at radius 1 is 1.06 bits per heavy atom. The third-order valence-electron chi connectivity index (χ3n) is 6.24. The maximum Gasteiger partial charge on any atom is 0.211 e. The van der Waals surface area contributed by atoms with Gasteiger partial charge in [0.15, 0.2) is 17.3 Å². The van der Waals surface area contributed by atoms with Gasteiger partial charge in [-0.15, -0.1) is 11.3 Å². The number of hydrogen-bond acceptors (Lipinski definition) is 6. The molecule has 0 radical (unpaired) electrons. The largest absolute Gasteiger partial charge is 0.493 e. The number of pyridine rings is 2. The first kappa shape index (κ1) is 22.8. The standard InChI is InChI=1S/C28H24N2O4S/c1-16-6-5-7-19-20(15-35-28(16)19)21-9-10-22-26(29-21)27(32)18(14-30(22)2)12-23(31)17-8-11-24(33-3)25(13-17)34-4/h5-11,13-15H,12H2,1-4H3. The summed E-state index contributed by atoms with van der Waals surface area (Å²) in [5.74, 6) is 0.825. The van der Waals surface area contributed by atoms with Gasteiger partial charge in [0.1, 0.15) is 5.52 Å². The Morgan fingerprint density at radius 3 is 2.63 bits per heavy atom. The first-order valence-corrected chi connectivity index (χ1v) is 12.0. The van der Waals surface area contributed by atoms with Crippen LogP contribution in [0.2, 0.25) is 0 Å². The van der Waals surface area contributed by atoms with E-state index in [4.69, 9.17) is 14.5 Å². The van der Waals surface area contributed by atoms with Crippen molar-refractivity contribution in [3.05, 3.63) is 87.0 Å². The van der Waals surface area contributed by atoms with Gasteiger partial charge in [-0.3, -0.25) is 9.59 Å². The minimum Gasteiger partial charge on any atom is -0.493 e. The molecule has 0 aliphatic rings. The molecule has 0 N–H and O–H groups in total. The number of ether oxygens (including phenoxy) is 2. The third kappa shape index (κ3) is 3.98. The molecule has 35 heavy (non-hydrogen) atoms. The molecule has 0 saturated heterocycles. The van der Waals surface area contributed by atoms with Gasteiger partial charge in [-0.05, 0) is 42.8 Å². The second-order valence-electron chi connectivity index (χ2n) is 8.43. The van der Waals surface area contributed by atoms with Gasteiger partial charge in [0.2, 0.25) is 5.43 Å². The van der Waals surface area contributed by atoms with Crippen molar-refractivity contribution in [3.8, 4) is 22.8 Å². The van der Waals surface area contributed by atoms with Crippen molar-refractivity contribution in [1.29, 1.82) is 0 Å². The number of aryl methyl sites for hydroxylation is 2. The molecule has 0 aliphatic heterocycles. The summed E-state index contributed by atoms with van der Waals surface area (Å²) in [6.07, 6.45) is 1.68. The molecule has 0 amide bonds. The number of ketones is 1. The van der Waals surface area contributed by atoms with Crippen molar-refractivity contribution in [1.82, 2.24) is 9.55 Å². The van der Waals surface area contributed by atoms with Crippen LogP contribution in [-0.2, 0) is 13.5 Å². The van der Waals surface area contributed by atoms with Crippen molar-refractivity contribution in [2.45, 2.75) is 13.3 Å². The van der Waals surface area contributed by atoms with Crippen LogP contribution in [0.4, 0.5) is 0 Å². The van der Waals surface area contributed by atoms with Crippen molar-refractivity contribution in [2.24, 2.45) is 7.05 Å². The summed E-state index contributed by atoms with van der Waals surface area (Å²) >= 11 is 1.68. The highest BCUT2D eigenvalue weighted by atomic mass is 32.1. The molecule has 0 unspecified atom stereocenters. The molecule has 176 valence electrons. The minimum absolute atomic E-state index is 0.0371. The number of Topliss-reactive ketones (excluding diaryl/α,β-unsaturated/α-hetero) is 1. The van der Waals surface area contributed by atoms with Gasteiger partial charge in [0.05, 0.1) is 25.4 Å². The molecular formula is C28H24N2O4S. The van der Waals surface area contributed by atoms with E-state index in [1.165, 1.54) is 17.4 Å². The van der Waals surface area contributed by atoms with E-state index in [1.807, 2.05) is 29.8 Å². The minimum atomic E-state index is -0.232. The Balaban J connectivity index is 1.56. The topological polar surface area (TPSA) is 70.4 Å². The zero-order chi connectivity index (χ0) is 24.7. The summed E-state index contributed by atoms with van der Waals surface area (Å²) in [7, 11) is 4.92. The van der Waals surface area contributed by atoms with Crippen LogP contribution >= 0.6 is 11.3 Å². The number of fused-ring (bicyclic) bond motifs is 2. The lowest BCUT2D eigenvalue weighted by molar-refractivity contribution is 0.0992. The molecule has 7 heteroatoms. The predicted molar refractivity (Wildman–Crippen MR) is 140 cm³/mol. The summed E-state index contributed by atoms with van der Waals surface area (Å²) in [5, 5.41) is 3.21. The highest BCUT2D eigenvalue weighted by Crippen LogP contribution is 2.35. The highest BCUT2D eigenvalue weighted by Gasteiger charge is 2.17. The van der Waals surface area contributed by atoms with E-state index in [0.717, 1.165) is 22.2 Å². The number of nitrogens with zero attached hydrogens (tertiary/aromatic N) is 2. The van der Waals surface area contributed by atoms with Crippen molar-refractivity contribution < 1.29 is 14.3 Å². The number of thiophene rings is 1. The number of aromatic nitrogens is 2. The average molecular weight is 485 g/mol. The van der Waals surface area contributed by atoms with E-state index >= 15 is 0 Å². The van der Waals surface area contributed by atoms with Gasteiger partial charge in [0, 0.05) is 51.8 Å². The second kappa shape index (κ2) is 9.00. The summed E-state index contributed by atoms with van der Waals surface area (Å²) < 4.78 is 13.6. The van der Waals surface area contributed by atoms with Crippen LogP contribution in [-0.4, -0.2) is 29.6 Å². The number of carbonyl (C=O) groups is 1. The fraction of sp³-hybridized carbons (Fsp3) is 0.179. The first-order chi connectivity index (χ1) is 16.9. The molecule has 3 aromatic heterocycles. The molecule has 0 bridgehead atoms. The van der Waals surface area contributed by atoms with Crippen LogP contribution in [0.1, 0.15) is 21.5 Å². The van der Waals surface area contributed by atoms with E-state index in [-0.39, 0.29) is 17.6 Å². The fourth-order valence-electron chi connectivity index (χ4n) is 4.38. The zero-order valence-corrected chi connectivity index (χ0v) is 20.7. The Morgan fingerprint density at radius 2 is 1.86 bits per heavy atom. The molecule has 6 nitrogen and oxygen atoms in total. The monoisotopic (exact) mass is 484 g/mol. The smallest absolute Gasteiger partial charge is 0.211 e. The summed E-state index contributed by atoms with van der Waals surface area (Å²) in [5.41, 5.74) is 4.66. The number of carbonyl (C=O) groups excluding carboxylic acids is 1. The number of benzene rings is 2. The zero-order valence-electron chi connectivity index (χ0n) is 19.9. The van der Waals surface area contributed by atoms with E-state index in [9.17, 15) is 9.59 Å². The van der Waals surface area contributed by atoms with E-state index in [0.29, 0.717) is 28.1 Å². The molecule has 0 spiro atoms.